The van der Waals surface area contributed by atoms with Gasteiger partial charge in [-0.1, -0.05) is 18.2 Å². The third kappa shape index (κ3) is 4.69. The summed E-state index contributed by atoms with van der Waals surface area (Å²) in [6.45, 7) is 3.80. The van der Waals surface area contributed by atoms with E-state index >= 15 is 0 Å². The molecule has 3 N–H and O–H groups in total. The first-order chi connectivity index (χ1) is 13.1. The van der Waals surface area contributed by atoms with Crippen LogP contribution < -0.4 is 10.6 Å². The number of carbonyl (C=O) groups excluding carboxylic acids is 2. The molecule has 0 spiro atoms. The number of hydrogen-bond donors (Lipinski definition) is 3. The van der Waals surface area contributed by atoms with Crippen LogP contribution in [0.3, 0.4) is 0 Å². The van der Waals surface area contributed by atoms with Gasteiger partial charge >= 0.3 is 0 Å². The molecule has 7 nitrogen and oxygen atoms in total. The third-order valence-electron chi connectivity index (χ3n) is 4.69. The Hall–Kier alpha value is -2.77. The highest BCUT2D eigenvalue weighted by Gasteiger charge is 2.28. The Morgan fingerprint density at radius 3 is 2.81 bits per heavy atom. The number of aryl methyl sites for hydroxylation is 1. The van der Waals surface area contributed by atoms with Gasteiger partial charge in [0.1, 0.15) is 5.82 Å². The number of anilines is 1. The zero-order valence-electron chi connectivity index (χ0n) is 15.3. The Bertz CT molecular complexity index is 807. The Labute approximate surface area is 158 Å². The van der Waals surface area contributed by atoms with Crippen molar-refractivity contribution in [1.29, 1.82) is 0 Å². The van der Waals surface area contributed by atoms with Crippen molar-refractivity contribution in [1.82, 2.24) is 15.2 Å². The van der Waals surface area contributed by atoms with E-state index in [9.17, 15) is 14.7 Å². The summed E-state index contributed by atoms with van der Waals surface area (Å²) in [5, 5.41) is 14.9. The lowest BCUT2D eigenvalue weighted by atomic mass is 10.1. The van der Waals surface area contributed by atoms with Crippen molar-refractivity contribution in [3.63, 3.8) is 0 Å². The Balaban J connectivity index is 1.65. The van der Waals surface area contributed by atoms with Crippen LogP contribution in [0.1, 0.15) is 27.9 Å². The molecule has 1 aliphatic rings. The van der Waals surface area contributed by atoms with Crippen molar-refractivity contribution < 1.29 is 14.7 Å². The SMILES string of the molecule is Cc1cccnc1NC(=O)c1ccc(CN2CCNC(=O)[C@H]2CCO)cc1. The highest BCUT2D eigenvalue weighted by molar-refractivity contribution is 6.04. The van der Waals surface area contributed by atoms with Crippen LogP contribution >= 0.6 is 0 Å². The van der Waals surface area contributed by atoms with Crippen LogP contribution in [0.25, 0.3) is 0 Å². The average Bonchev–Trinajstić information content (AvgIpc) is 2.67. The molecule has 0 radical (unpaired) electrons. The number of benzene rings is 1. The predicted octanol–water partition coefficient (Wildman–Crippen LogP) is 1.33. The van der Waals surface area contributed by atoms with E-state index in [4.69, 9.17) is 0 Å². The van der Waals surface area contributed by atoms with Gasteiger partial charge < -0.3 is 15.7 Å². The summed E-state index contributed by atoms with van der Waals surface area (Å²) in [6, 6.07) is 10.7. The lowest BCUT2D eigenvalue weighted by Gasteiger charge is -2.34. The molecule has 2 amide bonds. The van der Waals surface area contributed by atoms with Crippen LogP contribution in [0.15, 0.2) is 42.6 Å². The number of nitrogens with zero attached hydrogens (tertiary/aromatic N) is 2. The maximum atomic E-state index is 12.4. The fraction of sp³-hybridized carbons (Fsp3) is 0.350. The van der Waals surface area contributed by atoms with Gasteiger partial charge in [-0.2, -0.15) is 0 Å². The number of rotatable bonds is 6. The molecule has 0 bridgehead atoms. The number of aromatic nitrogens is 1. The smallest absolute Gasteiger partial charge is 0.256 e. The topological polar surface area (TPSA) is 94.6 Å². The van der Waals surface area contributed by atoms with Crippen LogP contribution in [0.4, 0.5) is 5.82 Å². The van der Waals surface area contributed by atoms with E-state index in [1.165, 1.54) is 0 Å². The molecular formula is C20H24N4O3. The molecule has 2 aromatic rings. The van der Waals surface area contributed by atoms with Gasteiger partial charge in [0, 0.05) is 38.0 Å². The van der Waals surface area contributed by atoms with Crippen molar-refractivity contribution >= 4 is 17.6 Å². The largest absolute Gasteiger partial charge is 0.396 e. The number of aliphatic hydroxyl groups is 1. The summed E-state index contributed by atoms with van der Waals surface area (Å²) in [7, 11) is 0. The van der Waals surface area contributed by atoms with Gasteiger partial charge in [-0.05, 0) is 42.7 Å². The summed E-state index contributed by atoms with van der Waals surface area (Å²) >= 11 is 0. The van der Waals surface area contributed by atoms with Gasteiger partial charge in [0.25, 0.3) is 5.91 Å². The summed E-state index contributed by atoms with van der Waals surface area (Å²) < 4.78 is 0. The summed E-state index contributed by atoms with van der Waals surface area (Å²) in [5.74, 6) is 0.300. The molecule has 1 aliphatic heterocycles. The molecule has 27 heavy (non-hydrogen) atoms. The van der Waals surface area contributed by atoms with Crippen LogP contribution in [-0.2, 0) is 11.3 Å². The minimum Gasteiger partial charge on any atom is -0.396 e. The normalized spacial score (nSPS) is 17.4. The summed E-state index contributed by atoms with van der Waals surface area (Å²) in [6.07, 6.45) is 2.05. The molecule has 1 fully saturated rings. The molecule has 1 saturated heterocycles. The maximum absolute atomic E-state index is 12.4. The molecule has 3 rings (SSSR count). The first-order valence-electron chi connectivity index (χ1n) is 9.03. The van der Waals surface area contributed by atoms with Crippen LogP contribution in [0, 0.1) is 6.92 Å². The van der Waals surface area contributed by atoms with Crippen molar-refractivity contribution in [2.75, 3.05) is 25.0 Å². The first-order valence-corrected chi connectivity index (χ1v) is 9.03. The van der Waals surface area contributed by atoms with E-state index in [1.54, 1.807) is 18.3 Å². The molecule has 0 unspecified atom stereocenters. The minimum absolute atomic E-state index is 0.0271. The second kappa shape index (κ2) is 8.75. The second-order valence-corrected chi connectivity index (χ2v) is 6.61. The van der Waals surface area contributed by atoms with E-state index < -0.39 is 0 Å². The van der Waals surface area contributed by atoms with E-state index in [2.05, 4.69) is 20.5 Å². The zero-order chi connectivity index (χ0) is 19.2. The Morgan fingerprint density at radius 1 is 1.33 bits per heavy atom. The monoisotopic (exact) mass is 368 g/mol. The number of nitrogens with one attached hydrogen (secondary N) is 2. The van der Waals surface area contributed by atoms with Gasteiger partial charge in [0.2, 0.25) is 5.91 Å². The van der Waals surface area contributed by atoms with Gasteiger partial charge in [-0.25, -0.2) is 4.98 Å². The molecule has 7 heteroatoms. The lowest BCUT2D eigenvalue weighted by molar-refractivity contribution is -0.129. The predicted molar refractivity (Wildman–Crippen MR) is 102 cm³/mol. The molecule has 1 atom stereocenters. The highest BCUT2D eigenvalue weighted by atomic mass is 16.3. The van der Waals surface area contributed by atoms with E-state index in [0.29, 0.717) is 30.9 Å². The van der Waals surface area contributed by atoms with Gasteiger partial charge in [-0.3, -0.25) is 14.5 Å². The molecule has 2 heterocycles. The number of piperazine rings is 1. The average molecular weight is 368 g/mol. The van der Waals surface area contributed by atoms with Crippen LogP contribution in [0.5, 0.6) is 0 Å². The summed E-state index contributed by atoms with van der Waals surface area (Å²) in [5.41, 5.74) is 2.46. The fourth-order valence-electron chi connectivity index (χ4n) is 3.18. The third-order valence-corrected chi connectivity index (χ3v) is 4.69. The molecule has 1 aromatic carbocycles. The fourth-order valence-corrected chi connectivity index (χ4v) is 3.18. The lowest BCUT2D eigenvalue weighted by Crippen LogP contribution is -2.55. The highest BCUT2D eigenvalue weighted by Crippen LogP contribution is 2.16. The first kappa shape index (κ1) is 19.0. The molecule has 142 valence electrons. The van der Waals surface area contributed by atoms with E-state index in [1.807, 2.05) is 31.2 Å². The summed E-state index contributed by atoms with van der Waals surface area (Å²) in [4.78, 5) is 30.6. The van der Waals surface area contributed by atoms with Gasteiger partial charge in [0.15, 0.2) is 0 Å². The number of amides is 2. The van der Waals surface area contributed by atoms with Crippen molar-refractivity contribution in [3.05, 3.63) is 59.3 Å². The van der Waals surface area contributed by atoms with Crippen molar-refractivity contribution in [2.24, 2.45) is 0 Å². The zero-order valence-corrected chi connectivity index (χ0v) is 15.3. The number of hydrogen-bond acceptors (Lipinski definition) is 5. The van der Waals surface area contributed by atoms with Gasteiger partial charge in [-0.15, -0.1) is 0 Å². The van der Waals surface area contributed by atoms with Gasteiger partial charge in [0.05, 0.1) is 6.04 Å². The van der Waals surface area contributed by atoms with Crippen molar-refractivity contribution in [2.45, 2.75) is 25.9 Å². The molecule has 1 aromatic heterocycles. The quantitative estimate of drug-likeness (QED) is 0.715. The molecular weight excluding hydrogens is 344 g/mol. The Kier molecular flexibility index (Phi) is 6.16. The van der Waals surface area contributed by atoms with Crippen LogP contribution in [0.2, 0.25) is 0 Å². The number of carbonyl (C=O) groups is 2. The van der Waals surface area contributed by atoms with E-state index in [0.717, 1.165) is 17.7 Å². The number of pyridine rings is 1. The number of aliphatic hydroxyl groups excluding tert-OH is 1. The molecule has 0 aliphatic carbocycles. The van der Waals surface area contributed by atoms with E-state index in [-0.39, 0.29) is 24.5 Å². The minimum atomic E-state index is -0.321. The maximum Gasteiger partial charge on any atom is 0.256 e. The standard InChI is InChI=1S/C20H24N4O3/c1-14-3-2-9-21-18(14)23-19(26)16-6-4-15(5-7-16)13-24-11-10-22-20(27)17(24)8-12-25/h2-7,9,17,25H,8,10-13H2,1H3,(H,22,27)(H,21,23,26)/t17-/m1/s1. The second-order valence-electron chi connectivity index (χ2n) is 6.61. The van der Waals surface area contributed by atoms with Crippen molar-refractivity contribution in [3.8, 4) is 0 Å². The molecule has 0 saturated carbocycles. The van der Waals surface area contributed by atoms with Crippen LogP contribution in [-0.4, -0.2) is 52.5 Å². The Morgan fingerprint density at radius 2 is 2.11 bits per heavy atom.